The van der Waals surface area contributed by atoms with Gasteiger partial charge in [0.2, 0.25) is 0 Å². The number of aryl methyl sites for hydroxylation is 1. The van der Waals surface area contributed by atoms with Gasteiger partial charge in [0.15, 0.2) is 0 Å². The van der Waals surface area contributed by atoms with Gasteiger partial charge in [0.25, 0.3) is 0 Å². The standard InChI is InChI=1S/C10H17N3O/c1-12-5-3-10(14,8-12)7-9-11-4-6-13(9)2/h4,6,14H,3,5,7-8H2,1-2H3. The molecular weight excluding hydrogens is 178 g/mol. The molecule has 0 amide bonds. The lowest BCUT2D eigenvalue weighted by molar-refractivity contribution is 0.0497. The minimum atomic E-state index is -0.576. The molecule has 1 N–H and O–H groups in total. The molecule has 0 aliphatic carbocycles. The van der Waals surface area contributed by atoms with E-state index in [0.717, 1.165) is 25.3 Å². The highest BCUT2D eigenvalue weighted by molar-refractivity contribution is 5.01. The maximum absolute atomic E-state index is 10.3. The van der Waals surface area contributed by atoms with Gasteiger partial charge in [-0.05, 0) is 13.5 Å². The van der Waals surface area contributed by atoms with E-state index in [-0.39, 0.29) is 0 Å². The van der Waals surface area contributed by atoms with Crippen molar-refractivity contribution in [2.24, 2.45) is 7.05 Å². The summed E-state index contributed by atoms with van der Waals surface area (Å²) in [4.78, 5) is 6.39. The van der Waals surface area contributed by atoms with Crippen molar-refractivity contribution in [1.82, 2.24) is 14.5 Å². The third-order valence-corrected chi connectivity index (χ3v) is 2.93. The van der Waals surface area contributed by atoms with Crippen LogP contribution in [0.4, 0.5) is 0 Å². The molecule has 14 heavy (non-hydrogen) atoms. The van der Waals surface area contributed by atoms with Gasteiger partial charge in [0, 0.05) is 39.0 Å². The SMILES string of the molecule is CN1CCC(O)(Cc2nccn2C)C1. The molecule has 78 valence electrons. The Kier molecular flexibility index (Phi) is 2.33. The van der Waals surface area contributed by atoms with Gasteiger partial charge >= 0.3 is 0 Å². The minimum Gasteiger partial charge on any atom is -0.388 e. The first kappa shape index (κ1) is 9.68. The monoisotopic (exact) mass is 195 g/mol. The number of nitrogens with zero attached hydrogens (tertiary/aromatic N) is 3. The Morgan fingerprint density at radius 3 is 2.86 bits per heavy atom. The summed E-state index contributed by atoms with van der Waals surface area (Å²) in [6.45, 7) is 1.72. The van der Waals surface area contributed by atoms with E-state index in [1.54, 1.807) is 6.20 Å². The van der Waals surface area contributed by atoms with Crippen molar-refractivity contribution in [3.05, 3.63) is 18.2 Å². The average Bonchev–Trinajstić information content (AvgIpc) is 2.62. The van der Waals surface area contributed by atoms with Crippen LogP contribution < -0.4 is 0 Å². The fraction of sp³-hybridized carbons (Fsp3) is 0.700. The molecule has 0 bridgehead atoms. The van der Waals surface area contributed by atoms with Gasteiger partial charge in [-0.1, -0.05) is 0 Å². The number of aliphatic hydroxyl groups is 1. The van der Waals surface area contributed by atoms with Crippen LogP contribution in [0.5, 0.6) is 0 Å². The zero-order chi connectivity index (χ0) is 10.2. The second kappa shape index (κ2) is 3.37. The Bertz CT molecular complexity index is 323. The second-order valence-electron chi connectivity index (χ2n) is 4.34. The summed E-state index contributed by atoms with van der Waals surface area (Å²) < 4.78 is 1.97. The molecule has 0 aromatic carbocycles. The number of imidazole rings is 1. The maximum Gasteiger partial charge on any atom is 0.111 e. The summed E-state index contributed by atoms with van der Waals surface area (Å²) in [7, 11) is 4.00. The maximum atomic E-state index is 10.3. The molecule has 0 spiro atoms. The second-order valence-corrected chi connectivity index (χ2v) is 4.34. The van der Waals surface area contributed by atoms with Crippen molar-refractivity contribution in [1.29, 1.82) is 0 Å². The third kappa shape index (κ3) is 1.81. The molecular formula is C10H17N3O. The third-order valence-electron chi connectivity index (χ3n) is 2.93. The van der Waals surface area contributed by atoms with Crippen molar-refractivity contribution < 1.29 is 5.11 Å². The number of likely N-dealkylation sites (N-methyl/N-ethyl adjacent to an activating group) is 1. The number of aromatic nitrogens is 2. The molecule has 1 fully saturated rings. The minimum absolute atomic E-state index is 0.576. The molecule has 1 saturated heterocycles. The van der Waals surface area contributed by atoms with Gasteiger partial charge in [-0.15, -0.1) is 0 Å². The van der Waals surface area contributed by atoms with Gasteiger partial charge in [0.1, 0.15) is 5.82 Å². The van der Waals surface area contributed by atoms with Crippen molar-refractivity contribution in [3.8, 4) is 0 Å². The zero-order valence-corrected chi connectivity index (χ0v) is 8.77. The summed E-state index contributed by atoms with van der Waals surface area (Å²) >= 11 is 0. The van der Waals surface area contributed by atoms with Crippen LogP contribution in [0.15, 0.2) is 12.4 Å². The molecule has 4 nitrogen and oxygen atoms in total. The highest BCUT2D eigenvalue weighted by atomic mass is 16.3. The Labute approximate surface area is 84.2 Å². The van der Waals surface area contributed by atoms with Gasteiger partial charge in [0.05, 0.1) is 5.60 Å². The highest BCUT2D eigenvalue weighted by Gasteiger charge is 2.35. The van der Waals surface area contributed by atoms with Crippen LogP contribution in [0.1, 0.15) is 12.2 Å². The topological polar surface area (TPSA) is 41.3 Å². The largest absolute Gasteiger partial charge is 0.388 e. The predicted octanol–water partition coefficient (Wildman–Crippen LogP) is 0.0292. The van der Waals surface area contributed by atoms with Gasteiger partial charge < -0.3 is 14.6 Å². The molecule has 1 aliphatic heterocycles. The van der Waals surface area contributed by atoms with E-state index < -0.39 is 5.60 Å². The summed E-state index contributed by atoms with van der Waals surface area (Å²) in [5, 5.41) is 10.3. The lowest BCUT2D eigenvalue weighted by Crippen LogP contribution is -2.35. The van der Waals surface area contributed by atoms with Crippen LogP contribution in [0, 0.1) is 0 Å². The van der Waals surface area contributed by atoms with Crippen molar-refractivity contribution >= 4 is 0 Å². The average molecular weight is 195 g/mol. The molecule has 0 saturated carbocycles. The van der Waals surface area contributed by atoms with E-state index in [0.29, 0.717) is 6.42 Å². The molecule has 0 radical (unpaired) electrons. The van der Waals surface area contributed by atoms with E-state index >= 15 is 0 Å². The van der Waals surface area contributed by atoms with Crippen LogP contribution in [-0.4, -0.2) is 45.3 Å². The zero-order valence-electron chi connectivity index (χ0n) is 8.77. The first-order valence-corrected chi connectivity index (χ1v) is 4.96. The van der Waals surface area contributed by atoms with E-state index in [4.69, 9.17) is 0 Å². The Hall–Kier alpha value is -0.870. The van der Waals surface area contributed by atoms with Crippen LogP contribution >= 0.6 is 0 Å². The van der Waals surface area contributed by atoms with Crippen molar-refractivity contribution in [2.75, 3.05) is 20.1 Å². The first-order chi connectivity index (χ1) is 6.59. The lowest BCUT2D eigenvalue weighted by Gasteiger charge is -2.21. The highest BCUT2D eigenvalue weighted by Crippen LogP contribution is 2.23. The smallest absolute Gasteiger partial charge is 0.111 e. The van der Waals surface area contributed by atoms with Crippen LogP contribution in [0.3, 0.4) is 0 Å². The molecule has 1 aliphatic rings. The molecule has 1 aromatic heterocycles. The van der Waals surface area contributed by atoms with Crippen LogP contribution in [0.25, 0.3) is 0 Å². The lowest BCUT2D eigenvalue weighted by atomic mass is 9.98. The molecule has 4 heteroatoms. The molecule has 2 rings (SSSR count). The number of likely N-dealkylation sites (tertiary alicyclic amines) is 1. The Balaban J connectivity index is 2.07. The number of hydrogen-bond acceptors (Lipinski definition) is 3. The first-order valence-electron chi connectivity index (χ1n) is 4.96. The predicted molar refractivity (Wildman–Crippen MR) is 54.0 cm³/mol. The van der Waals surface area contributed by atoms with Crippen molar-refractivity contribution in [2.45, 2.75) is 18.4 Å². The van der Waals surface area contributed by atoms with E-state index in [2.05, 4.69) is 9.88 Å². The van der Waals surface area contributed by atoms with Crippen molar-refractivity contribution in [3.63, 3.8) is 0 Å². The van der Waals surface area contributed by atoms with E-state index in [9.17, 15) is 5.11 Å². The molecule has 1 atom stereocenters. The molecule has 1 unspecified atom stereocenters. The summed E-state index contributed by atoms with van der Waals surface area (Å²) in [6.07, 6.45) is 5.19. The number of hydrogen-bond donors (Lipinski definition) is 1. The van der Waals surface area contributed by atoms with E-state index in [1.165, 1.54) is 0 Å². The van der Waals surface area contributed by atoms with Crippen LogP contribution in [-0.2, 0) is 13.5 Å². The number of rotatable bonds is 2. The number of β-amino-alcohol motifs (C(OH)–C–C–N with tert-alkyl or cyclic N) is 1. The molecule has 2 heterocycles. The van der Waals surface area contributed by atoms with Gasteiger partial charge in [-0.2, -0.15) is 0 Å². The molecule has 1 aromatic rings. The summed E-state index contributed by atoms with van der Waals surface area (Å²) in [6, 6.07) is 0. The van der Waals surface area contributed by atoms with Crippen LogP contribution in [0.2, 0.25) is 0 Å². The Morgan fingerprint density at radius 1 is 1.57 bits per heavy atom. The van der Waals surface area contributed by atoms with Gasteiger partial charge in [-0.25, -0.2) is 4.98 Å². The summed E-state index contributed by atoms with van der Waals surface area (Å²) in [5.41, 5.74) is -0.576. The Morgan fingerprint density at radius 2 is 2.36 bits per heavy atom. The fourth-order valence-electron chi connectivity index (χ4n) is 2.06. The van der Waals surface area contributed by atoms with E-state index in [1.807, 2.05) is 24.9 Å². The summed E-state index contributed by atoms with van der Waals surface area (Å²) in [5.74, 6) is 0.961. The van der Waals surface area contributed by atoms with Gasteiger partial charge in [-0.3, -0.25) is 0 Å². The normalized spacial score (nSPS) is 28.5. The quantitative estimate of drug-likeness (QED) is 0.724. The fourth-order valence-corrected chi connectivity index (χ4v) is 2.06.